The largest absolute Gasteiger partial charge is 0.469 e. The van der Waals surface area contributed by atoms with Crippen LogP contribution in [0.4, 0.5) is 0 Å². The first-order valence-corrected chi connectivity index (χ1v) is 11.4. The maximum absolute atomic E-state index is 12.6. The van der Waals surface area contributed by atoms with Gasteiger partial charge in [0.15, 0.2) is 0 Å². The summed E-state index contributed by atoms with van der Waals surface area (Å²) >= 11 is 0. The second-order valence-corrected chi connectivity index (χ2v) is 8.73. The van der Waals surface area contributed by atoms with Gasteiger partial charge in [0.2, 0.25) is 0 Å². The number of para-hydroxylation sites is 1. The summed E-state index contributed by atoms with van der Waals surface area (Å²) in [5, 5.41) is 1.03. The standard InChI is InChI=1S/C26H31N3O3/c1-17-24(26(27)31)25(21-13-12-19-10-6-7-11-20(19)28-21)22(14-15-23(30)32-2)29(17)16-18-8-4-3-5-9-18/h6-7,10-13,18H,3-5,8-9,14-16H2,1-2H3,(H2,27,31). The Labute approximate surface area is 188 Å². The maximum atomic E-state index is 12.6. The Kier molecular flexibility index (Phi) is 6.58. The first-order valence-electron chi connectivity index (χ1n) is 11.4. The van der Waals surface area contributed by atoms with Crippen molar-refractivity contribution in [3.05, 3.63) is 53.3 Å². The number of primary amides is 1. The van der Waals surface area contributed by atoms with Crippen molar-refractivity contribution in [1.82, 2.24) is 9.55 Å². The van der Waals surface area contributed by atoms with Crippen LogP contribution in [0.2, 0.25) is 0 Å². The van der Waals surface area contributed by atoms with Crippen molar-refractivity contribution in [3.8, 4) is 11.3 Å². The van der Waals surface area contributed by atoms with Crippen LogP contribution in [0.3, 0.4) is 0 Å². The van der Waals surface area contributed by atoms with Gasteiger partial charge in [-0.25, -0.2) is 4.98 Å². The lowest BCUT2D eigenvalue weighted by molar-refractivity contribution is -0.140. The van der Waals surface area contributed by atoms with Crippen molar-refractivity contribution >= 4 is 22.8 Å². The van der Waals surface area contributed by atoms with Crippen molar-refractivity contribution in [2.24, 2.45) is 11.7 Å². The zero-order valence-corrected chi connectivity index (χ0v) is 18.9. The molecule has 2 aromatic heterocycles. The number of nitrogens with two attached hydrogens (primary N) is 1. The number of hydrogen-bond acceptors (Lipinski definition) is 4. The van der Waals surface area contributed by atoms with E-state index in [9.17, 15) is 9.59 Å². The van der Waals surface area contributed by atoms with E-state index in [0.29, 0.717) is 23.6 Å². The monoisotopic (exact) mass is 433 g/mol. The molecule has 2 N–H and O–H groups in total. The second kappa shape index (κ2) is 9.55. The van der Waals surface area contributed by atoms with Gasteiger partial charge >= 0.3 is 5.97 Å². The van der Waals surface area contributed by atoms with Gasteiger partial charge in [0.1, 0.15) is 0 Å². The number of carbonyl (C=O) groups is 2. The molecule has 2 heterocycles. The molecule has 0 spiro atoms. The summed E-state index contributed by atoms with van der Waals surface area (Å²) < 4.78 is 7.11. The van der Waals surface area contributed by atoms with Gasteiger partial charge in [-0.3, -0.25) is 9.59 Å². The molecule has 1 aliphatic carbocycles. The predicted molar refractivity (Wildman–Crippen MR) is 125 cm³/mol. The molecule has 1 amide bonds. The summed E-state index contributed by atoms with van der Waals surface area (Å²) in [6, 6.07) is 11.9. The Morgan fingerprint density at radius 3 is 2.59 bits per heavy atom. The van der Waals surface area contributed by atoms with Gasteiger partial charge in [0, 0.05) is 28.9 Å². The molecule has 1 aromatic carbocycles. The van der Waals surface area contributed by atoms with Crippen LogP contribution in [0.15, 0.2) is 36.4 Å². The molecule has 4 rings (SSSR count). The zero-order valence-electron chi connectivity index (χ0n) is 18.9. The van der Waals surface area contributed by atoms with Gasteiger partial charge in [-0.2, -0.15) is 0 Å². The van der Waals surface area contributed by atoms with Crippen molar-refractivity contribution in [2.75, 3.05) is 7.11 Å². The fraction of sp³-hybridized carbons (Fsp3) is 0.423. The highest BCUT2D eigenvalue weighted by molar-refractivity contribution is 6.02. The average Bonchev–Trinajstić information content (AvgIpc) is 3.09. The number of pyridine rings is 1. The van der Waals surface area contributed by atoms with Crippen LogP contribution >= 0.6 is 0 Å². The number of esters is 1. The van der Waals surface area contributed by atoms with E-state index < -0.39 is 5.91 Å². The summed E-state index contributed by atoms with van der Waals surface area (Å²) in [7, 11) is 1.40. The van der Waals surface area contributed by atoms with E-state index in [1.165, 1.54) is 39.2 Å². The topological polar surface area (TPSA) is 87.2 Å². The molecule has 6 heteroatoms. The predicted octanol–water partition coefficient (Wildman–Crippen LogP) is 4.80. The van der Waals surface area contributed by atoms with Gasteiger partial charge in [-0.1, -0.05) is 43.5 Å². The molecule has 0 bridgehead atoms. The molecular weight excluding hydrogens is 402 g/mol. The van der Waals surface area contributed by atoms with Crippen molar-refractivity contribution in [1.29, 1.82) is 0 Å². The summed E-state index contributed by atoms with van der Waals surface area (Å²) in [4.78, 5) is 29.5. The van der Waals surface area contributed by atoms with E-state index in [1.807, 2.05) is 43.3 Å². The van der Waals surface area contributed by atoms with Crippen molar-refractivity contribution in [2.45, 2.75) is 58.4 Å². The summed E-state index contributed by atoms with van der Waals surface area (Å²) in [5.41, 5.74) is 10.5. The number of methoxy groups -OCH3 is 1. The molecule has 0 unspecified atom stereocenters. The third-order valence-corrected chi connectivity index (χ3v) is 6.69. The molecule has 0 atom stereocenters. The van der Waals surface area contributed by atoms with E-state index in [-0.39, 0.29) is 12.4 Å². The first kappa shape index (κ1) is 22.1. The number of rotatable bonds is 7. The molecular formula is C26H31N3O3. The molecule has 168 valence electrons. The van der Waals surface area contributed by atoms with Crippen molar-refractivity contribution < 1.29 is 14.3 Å². The molecule has 1 fully saturated rings. The number of amides is 1. The van der Waals surface area contributed by atoms with E-state index in [2.05, 4.69) is 4.57 Å². The van der Waals surface area contributed by atoms with E-state index in [1.54, 1.807) is 0 Å². The minimum Gasteiger partial charge on any atom is -0.469 e. The SMILES string of the molecule is COC(=O)CCc1c(-c2ccc3ccccc3n2)c(C(N)=O)c(C)n1CC1CCCCC1. The zero-order chi connectivity index (χ0) is 22.7. The van der Waals surface area contributed by atoms with Crippen LogP contribution in [0.25, 0.3) is 22.2 Å². The fourth-order valence-corrected chi connectivity index (χ4v) is 5.04. The molecule has 1 saturated carbocycles. The molecule has 6 nitrogen and oxygen atoms in total. The van der Waals surface area contributed by atoms with Crippen LogP contribution in [-0.2, 0) is 22.5 Å². The summed E-state index contributed by atoms with van der Waals surface area (Å²) in [6.45, 7) is 2.78. The minimum atomic E-state index is -0.464. The smallest absolute Gasteiger partial charge is 0.305 e. The van der Waals surface area contributed by atoms with Crippen LogP contribution in [0.5, 0.6) is 0 Å². The number of fused-ring (bicyclic) bond motifs is 1. The third kappa shape index (κ3) is 4.40. The Hall–Kier alpha value is -3.15. The van der Waals surface area contributed by atoms with Gasteiger partial charge < -0.3 is 15.0 Å². The van der Waals surface area contributed by atoms with Crippen LogP contribution in [0, 0.1) is 12.8 Å². The van der Waals surface area contributed by atoms with Gasteiger partial charge in [0.05, 0.1) is 30.3 Å². The average molecular weight is 434 g/mol. The highest BCUT2D eigenvalue weighted by Gasteiger charge is 2.27. The lowest BCUT2D eigenvalue weighted by Gasteiger charge is -2.24. The molecule has 0 radical (unpaired) electrons. The Morgan fingerprint density at radius 2 is 1.88 bits per heavy atom. The van der Waals surface area contributed by atoms with E-state index >= 15 is 0 Å². The molecule has 1 aliphatic rings. The quantitative estimate of drug-likeness (QED) is 0.542. The first-order chi connectivity index (χ1) is 15.5. The fourth-order valence-electron chi connectivity index (χ4n) is 5.04. The van der Waals surface area contributed by atoms with Crippen LogP contribution in [0.1, 0.15) is 60.3 Å². The van der Waals surface area contributed by atoms with Gasteiger partial charge in [-0.15, -0.1) is 0 Å². The summed E-state index contributed by atoms with van der Waals surface area (Å²) in [5.74, 6) is -0.176. The lowest BCUT2D eigenvalue weighted by atomic mass is 9.89. The van der Waals surface area contributed by atoms with Crippen molar-refractivity contribution in [3.63, 3.8) is 0 Å². The third-order valence-electron chi connectivity index (χ3n) is 6.69. The van der Waals surface area contributed by atoms with Gasteiger partial charge in [0.25, 0.3) is 5.91 Å². The number of nitrogens with zero attached hydrogens (tertiary/aromatic N) is 2. The highest BCUT2D eigenvalue weighted by atomic mass is 16.5. The number of aromatic nitrogens is 2. The molecule has 32 heavy (non-hydrogen) atoms. The number of benzene rings is 1. The van der Waals surface area contributed by atoms with E-state index in [4.69, 9.17) is 15.5 Å². The van der Waals surface area contributed by atoms with Gasteiger partial charge in [-0.05, 0) is 44.2 Å². The Balaban J connectivity index is 1.87. The van der Waals surface area contributed by atoms with Crippen LogP contribution in [-0.4, -0.2) is 28.5 Å². The summed E-state index contributed by atoms with van der Waals surface area (Å²) in [6.07, 6.45) is 6.84. The van der Waals surface area contributed by atoms with E-state index in [0.717, 1.165) is 34.4 Å². The number of carbonyl (C=O) groups excluding carboxylic acids is 2. The maximum Gasteiger partial charge on any atom is 0.305 e. The number of ether oxygens (including phenoxy) is 1. The lowest BCUT2D eigenvalue weighted by Crippen LogP contribution is -2.18. The molecule has 3 aromatic rings. The number of hydrogen-bond donors (Lipinski definition) is 1. The Morgan fingerprint density at radius 1 is 1.12 bits per heavy atom. The highest BCUT2D eigenvalue weighted by Crippen LogP contribution is 2.36. The van der Waals surface area contributed by atoms with Crippen LogP contribution < -0.4 is 5.73 Å². The molecule has 0 saturated heterocycles. The second-order valence-electron chi connectivity index (χ2n) is 8.73. The Bertz CT molecular complexity index is 1140. The minimum absolute atomic E-state index is 0.239. The molecule has 0 aliphatic heterocycles. The normalized spacial score (nSPS) is 14.6.